The summed E-state index contributed by atoms with van der Waals surface area (Å²) in [5, 5.41) is 0. The van der Waals surface area contributed by atoms with E-state index in [1.807, 2.05) is 13.1 Å². The van der Waals surface area contributed by atoms with Gasteiger partial charge in [-0.2, -0.15) is 0 Å². The molecule has 5 heteroatoms. The van der Waals surface area contributed by atoms with E-state index < -0.39 is 0 Å². The van der Waals surface area contributed by atoms with Crippen LogP contribution in [0.4, 0.5) is 0 Å². The second kappa shape index (κ2) is 5.09. The number of nitrogens with zero attached hydrogens (tertiary/aromatic N) is 4. The maximum atomic E-state index is 4.62. The number of aromatic nitrogens is 4. The first-order chi connectivity index (χ1) is 9.22. The van der Waals surface area contributed by atoms with Gasteiger partial charge in [0.15, 0.2) is 5.82 Å². The second-order valence-corrected chi connectivity index (χ2v) is 5.26. The molecular formula is C14H19N5. The first-order valence-electron chi connectivity index (χ1n) is 6.76. The lowest BCUT2D eigenvalue weighted by atomic mass is 9.94. The summed E-state index contributed by atoms with van der Waals surface area (Å²) in [5.74, 6) is 2.14. The highest BCUT2D eigenvalue weighted by molar-refractivity contribution is 5.49. The molecule has 1 fully saturated rings. The highest BCUT2D eigenvalue weighted by Gasteiger charge is 2.21. The predicted octanol–water partition coefficient (Wildman–Crippen LogP) is 1.98. The SMILES string of the molecule is Cc1nc(-c2ncc[nH]2)cc([C@H]2CCCN(C)C2)n1. The normalized spacial score (nSPS) is 20.6. The topological polar surface area (TPSA) is 57.7 Å². The molecule has 1 saturated heterocycles. The van der Waals surface area contributed by atoms with Crippen LogP contribution < -0.4 is 0 Å². The number of aryl methyl sites for hydroxylation is 1. The maximum absolute atomic E-state index is 4.62. The number of rotatable bonds is 2. The molecule has 0 aliphatic carbocycles. The third kappa shape index (κ3) is 2.66. The van der Waals surface area contributed by atoms with E-state index in [1.54, 1.807) is 6.20 Å². The summed E-state index contributed by atoms with van der Waals surface area (Å²) in [6.07, 6.45) is 6.01. The van der Waals surface area contributed by atoms with Crippen molar-refractivity contribution in [2.45, 2.75) is 25.7 Å². The van der Waals surface area contributed by atoms with Gasteiger partial charge >= 0.3 is 0 Å². The van der Waals surface area contributed by atoms with E-state index in [2.05, 4.69) is 37.9 Å². The fraction of sp³-hybridized carbons (Fsp3) is 0.500. The van der Waals surface area contributed by atoms with Gasteiger partial charge in [0.25, 0.3) is 0 Å². The molecule has 0 spiro atoms. The lowest BCUT2D eigenvalue weighted by Gasteiger charge is -2.29. The fourth-order valence-corrected chi connectivity index (χ4v) is 2.73. The van der Waals surface area contributed by atoms with Crippen LogP contribution in [-0.4, -0.2) is 45.0 Å². The molecule has 0 aromatic carbocycles. The predicted molar refractivity (Wildman–Crippen MR) is 73.8 cm³/mol. The molecule has 0 amide bonds. The van der Waals surface area contributed by atoms with E-state index in [0.717, 1.165) is 29.6 Å². The largest absolute Gasteiger partial charge is 0.343 e. The molecule has 1 aliphatic rings. The van der Waals surface area contributed by atoms with Crippen LogP contribution >= 0.6 is 0 Å². The van der Waals surface area contributed by atoms with Gasteiger partial charge in [0.2, 0.25) is 0 Å². The molecule has 0 saturated carbocycles. The van der Waals surface area contributed by atoms with Gasteiger partial charge in [-0.05, 0) is 39.4 Å². The fourth-order valence-electron chi connectivity index (χ4n) is 2.73. The number of H-pyrrole nitrogens is 1. The lowest BCUT2D eigenvalue weighted by molar-refractivity contribution is 0.248. The second-order valence-electron chi connectivity index (χ2n) is 5.26. The van der Waals surface area contributed by atoms with Gasteiger partial charge in [-0.1, -0.05) is 0 Å². The molecule has 1 aliphatic heterocycles. The summed E-state index contributed by atoms with van der Waals surface area (Å²) in [7, 11) is 2.17. The van der Waals surface area contributed by atoms with Gasteiger partial charge in [-0.3, -0.25) is 0 Å². The number of likely N-dealkylation sites (N-methyl/N-ethyl adjacent to an activating group) is 1. The number of hydrogen-bond acceptors (Lipinski definition) is 4. The van der Waals surface area contributed by atoms with Gasteiger partial charge < -0.3 is 9.88 Å². The third-order valence-electron chi connectivity index (χ3n) is 3.64. The van der Waals surface area contributed by atoms with Gasteiger partial charge in [0.1, 0.15) is 11.5 Å². The summed E-state index contributed by atoms with van der Waals surface area (Å²) in [6.45, 7) is 4.21. The van der Waals surface area contributed by atoms with Crippen molar-refractivity contribution in [2.75, 3.05) is 20.1 Å². The quantitative estimate of drug-likeness (QED) is 0.893. The van der Waals surface area contributed by atoms with Gasteiger partial charge in [-0.25, -0.2) is 15.0 Å². The van der Waals surface area contributed by atoms with Gasteiger partial charge in [0, 0.05) is 30.6 Å². The number of likely N-dealkylation sites (tertiary alicyclic amines) is 1. The highest BCUT2D eigenvalue weighted by atomic mass is 15.1. The number of hydrogen-bond donors (Lipinski definition) is 1. The Morgan fingerprint density at radius 3 is 3.00 bits per heavy atom. The Kier molecular flexibility index (Phi) is 3.29. The van der Waals surface area contributed by atoms with Crippen LogP contribution in [0.5, 0.6) is 0 Å². The van der Waals surface area contributed by atoms with E-state index >= 15 is 0 Å². The molecule has 0 bridgehead atoms. The molecule has 0 unspecified atom stereocenters. The molecule has 100 valence electrons. The van der Waals surface area contributed by atoms with Crippen molar-refractivity contribution in [1.82, 2.24) is 24.8 Å². The van der Waals surface area contributed by atoms with Crippen LogP contribution in [0, 0.1) is 6.92 Å². The van der Waals surface area contributed by atoms with E-state index in [0.29, 0.717) is 5.92 Å². The first-order valence-corrected chi connectivity index (χ1v) is 6.76. The van der Waals surface area contributed by atoms with E-state index in [9.17, 15) is 0 Å². The van der Waals surface area contributed by atoms with Gasteiger partial charge in [0.05, 0.1) is 0 Å². The molecule has 2 aromatic rings. The summed E-state index contributed by atoms with van der Waals surface area (Å²) in [5.41, 5.74) is 2.03. The lowest BCUT2D eigenvalue weighted by Crippen LogP contribution is -2.31. The van der Waals surface area contributed by atoms with Crippen LogP contribution in [0.15, 0.2) is 18.5 Å². The first kappa shape index (κ1) is 12.3. The Morgan fingerprint density at radius 2 is 2.26 bits per heavy atom. The summed E-state index contributed by atoms with van der Waals surface area (Å²) in [6, 6.07) is 2.08. The van der Waals surface area contributed by atoms with Crippen LogP contribution in [0.25, 0.3) is 11.5 Å². The Morgan fingerprint density at radius 1 is 1.37 bits per heavy atom. The third-order valence-corrected chi connectivity index (χ3v) is 3.64. The van der Waals surface area contributed by atoms with E-state index in [-0.39, 0.29) is 0 Å². The Labute approximate surface area is 113 Å². The van der Waals surface area contributed by atoms with Crippen molar-refractivity contribution in [3.05, 3.63) is 30.0 Å². The minimum Gasteiger partial charge on any atom is -0.343 e. The van der Waals surface area contributed by atoms with Crippen LogP contribution in [0.2, 0.25) is 0 Å². The minimum atomic E-state index is 0.508. The maximum Gasteiger partial charge on any atom is 0.156 e. The average Bonchev–Trinajstić information content (AvgIpc) is 2.92. The van der Waals surface area contributed by atoms with Crippen LogP contribution in [0.1, 0.15) is 30.3 Å². The number of piperidine rings is 1. The average molecular weight is 257 g/mol. The molecule has 3 heterocycles. The molecule has 1 N–H and O–H groups in total. The minimum absolute atomic E-state index is 0.508. The smallest absolute Gasteiger partial charge is 0.156 e. The van der Waals surface area contributed by atoms with E-state index in [1.165, 1.54) is 19.4 Å². The number of aromatic amines is 1. The van der Waals surface area contributed by atoms with Crippen LogP contribution in [-0.2, 0) is 0 Å². The number of imidazole rings is 1. The molecule has 5 nitrogen and oxygen atoms in total. The molecule has 2 aromatic heterocycles. The van der Waals surface area contributed by atoms with Crippen molar-refractivity contribution in [1.29, 1.82) is 0 Å². The molecule has 19 heavy (non-hydrogen) atoms. The van der Waals surface area contributed by atoms with Crippen molar-refractivity contribution in [3.63, 3.8) is 0 Å². The summed E-state index contributed by atoms with van der Waals surface area (Å²) >= 11 is 0. The van der Waals surface area contributed by atoms with Crippen molar-refractivity contribution < 1.29 is 0 Å². The highest BCUT2D eigenvalue weighted by Crippen LogP contribution is 2.26. The Hall–Kier alpha value is -1.75. The zero-order valence-electron chi connectivity index (χ0n) is 11.4. The Balaban J connectivity index is 1.93. The zero-order chi connectivity index (χ0) is 13.2. The zero-order valence-corrected chi connectivity index (χ0v) is 11.4. The molecule has 1 atom stereocenters. The van der Waals surface area contributed by atoms with Gasteiger partial charge in [-0.15, -0.1) is 0 Å². The number of nitrogens with one attached hydrogen (secondary N) is 1. The van der Waals surface area contributed by atoms with Crippen molar-refractivity contribution in [3.8, 4) is 11.5 Å². The van der Waals surface area contributed by atoms with Crippen LogP contribution in [0.3, 0.4) is 0 Å². The Bertz CT molecular complexity index is 549. The van der Waals surface area contributed by atoms with E-state index in [4.69, 9.17) is 0 Å². The summed E-state index contributed by atoms with van der Waals surface area (Å²) in [4.78, 5) is 18.8. The molecular weight excluding hydrogens is 238 g/mol. The molecule has 3 rings (SSSR count). The standard InChI is InChI=1S/C14H19N5/c1-10-17-12(11-4-3-7-19(2)9-11)8-13(18-10)14-15-5-6-16-14/h5-6,8,11H,3-4,7,9H2,1-2H3,(H,15,16)/t11-/m0/s1. The van der Waals surface area contributed by atoms with Crippen molar-refractivity contribution >= 4 is 0 Å². The monoisotopic (exact) mass is 257 g/mol. The van der Waals surface area contributed by atoms with Crippen molar-refractivity contribution in [2.24, 2.45) is 0 Å². The summed E-state index contributed by atoms with van der Waals surface area (Å²) < 4.78 is 0. The molecule has 0 radical (unpaired) electrons.